The lowest BCUT2D eigenvalue weighted by atomic mass is 10.1. The fraction of sp³-hybridized carbons (Fsp3) is 0.500. The van der Waals surface area contributed by atoms with Gasteiger partial charge in [0.05, 0.1) is 0 Å². The lowest BCUT2D eigenvalue weighted by molar-refractivity contribution is 0.231. The van der Waals surface area contributed by atoms with E-state index in [0.717, 1.165) is 30.3 Å². The second-order valence-electron chi connectivity index (χ2n) is 4.23. The molecule has 1 fully saturated rings. The number of nitrogens with zero attached hydrogens (tertiary/aromatic N) is 1. The molecule has 1 heterocycles. The van der Waals surface area contributed by atoms with Gasteiger partial charge in [0.1, 0.15) is 0 Å². The van der Waals surface area contributed by atoms with Gasteiger partial charge in [-0.15, -0.1) is 0 Å². The Balaban J connectivity index is 2.04. The van der Waals surface area contributed by atoms with E-state index in [1.54, 1.807) is 0 Å². The number of hydrogen-bond acceptors (Lipinski definition) is 3. The number of benzene rings is 1. The molecule has 88 valence electrons. The minimum Gasteiger partial charge on any atom is -0.399 e. The molecule has 0 aliphatic carbocycles. The third-order valence-corrected chi connectivity index (χ3v) is 4.45. The van der Waals surface area contributed by atoms with Crippen LogP contribution in [0.2, 0.25) is 0 Å². The number of nitrogens with two attached hydrogens (primary N) is 1. The summed E-state index contributed by atoms with van der Waals surface area (Å²) in [6.45, 7) is 4.05. The van der Waals surface area contributed by atoms with Crippen LogP contribution in [0, 0.1) is 0 Å². The SMILES string of the molecule is CC(c1ccc(N)cc1)N1CCS(=O)CC1. The quantitative estimate of drug-likeness (QED) is 0.792. The fourth-order valence-electron chi connectivity index (χ4n) is 2.02. The first-order valence-corrected chi connectivity index (χ1v) is 7.10. The number of rotatable bonds is 2. The maximum atomic E-state index is 11.3. The van der Waals surface area contributed by atoms with Crippen molar-refractivity contribution in [1.29, 1.82) is 0 Å². The van der Waals surface area contributed by atoms with E-state index in [-0.39, 0.29) is 0 Å². The highest BCUT2D eigenvalue weighted by molar-refractivity contribution is 7.85. The van der Waals surface area contributed by atoms with Gasteiger partial charge in [0, 0.05) is 47.1 Å². The average molecular weight is 238 g/mol. The van der Waals surface area contributed by atoms with Crippen LogP contribution in [0.15, 0.2) is 24.3 Å². The Morgan fingerprint density at radius 3 is 2.38 bits per heavy atom. The van der Waals surface area contributed by atoms with Crippen LogP contribution in [0.3, 0.4) is 0 Å². The molecule has 0 bridgehead atoms. The van der Waals surface area contributed by atoms with Crippen LogP contribution in [0.25, 0.3) is 0 Å². The zero-order valence-corrected chi connectivity index (χ0v) is 10.4. The Kier molecular flexibility index (Phi) is 3.61. The average Bonchev–Trinajstić information content (AvgIpc) is 2.30. The van der Waals surface area contributed by atoms with Crippen LogP contribution in [-0.2, 0) is 10.8 Å². The summed E-state index contributed by atoms with van der Waals surface area (Å²) in [5, 5.41) is 0. The zero-order chi connectivity index (χ0) is 11.5. The van der Waals surface area contributed by atoms with Crippen LogP contribution >= 0.6 is 0 Å². The van der Waals surface area contributed by atoms with Gasteiger partial charge in [-0.3, -0.25) is 9.11 Å². The monoisotopic (exact) mass is 238 g/mol. The maximum absolute atomic E-state index is 11.3. The topological polar surface area (TPSA) is 46.3 Å². The van der Waals surface area contributed by atoms with E-state index in [2.05, 4.69) is 24.0 Å². The van der Waals surface area contributed by atoms with E-state index >= 15 is 0 Å². The number of hydrogen-bond donors (Lipinski definition) is 1. The summed E-state index contributed by atoms with van der Waals surface area (Å²) in [7, 11) is -0.599. The highest BCUT2D eigenvalue weighted by atomic mass is 32.2. The molecule has 0 spiro atoms. The van der Waals surface area contributed by atoms with Crippen molar-refractivity contribution in [3.63, 3.8) is 0 Å². The van der Waals surface area contributed by atoms with Crippen molar-refractivity contribution < 1.29 is 4.21 Å². The van der Waals surface area contributed by atoms with Crippen molar-refractivity contribution in [1.82, 2.24) is 4.90 Å². The molecule has 0 radical (unpaired) electrons. The predicted octanol–water partition coefficient (Wildman–Crippen LogP) is 1.39. The van der Waals surface area contributed by atoms with Crippen molar-refractivity contribution in [3.8, 4) is 0 Å². The highest BCUT2D eigenvalue weighted by Gasteiger charge is 2.20. The van der Waals surface area contributed by atoms with E-state index in [0.29, 0.717) is 6.04 Å². The van der Waals surface area contributed by atoms with Crippen LogP contribution in [-0.4, -0.2) is 33.7 Å². The van der Waals surface area contributed by atoms with E-state index in [1.807, 2.05) is 12.1 Å². The molecule has 3 nitrogen and oxygen atoms in total. The third kappa shape index (κ3) is 2.62. The van der Waals surface area contributed by atoms with Crippen molar-refractivity contribution >= 4 is 16.5 Å². The van der Waals surface area contributed by atoms with E-state index in [9.17, 15) is 4.21 Å². The van der Waals surface area contributed by atoms with Gasteiger partial charge in [0.15, 0.2) is 0 Å². The molecule has 1 aliphatic heterocycles. The van der Waals surface area contributed by atoms with Gasteiger partial charge >= 0.3 is 0 Å². The van der Waals surface area contributed by atoms with Gasteiger partial charge in [0.25, 0.3) is 0 Å². The smallest absolute Gasteiger partial charge is 0.0363 e. The molecule has 1 saturated heterocycles. The largest absolute Gasteiger partial charge is 0.399 e. The predicted molar refractivity (Wildman–Crippen MR) is 68.7 cm³/mol. The molecule has 1 unspecified atom stereocenters. The molecular weight excluding hydrogens is 220 g/mol. The van der Waals surface area contributed by atoms with Crippen molar-refractivity contribution in [2.75, 3.05) is 30.3 Å². The molecule has 1 atom stereocenters. The Morgan fingerprint density at radius 2 is 1.81 bits per heavy atom. The van der Waals surface area contributed by atoms with E-state index in [1.165, 1.54) is 5.56 Å². The fourth-order valence-corrected chi connectivity index (χ4v) is 3.11. The third-order valence-electron chi connectivity index (χ3n) is 3.18. The molecule has 4 heteroatoms. The summed E-state index contributed by atoms with van der Waals surface area (Å²) < 4.78 is 11.3. The number of anilines is 1. The molecule has 1 aromatic rings. The first-order valence-electron chi connectivity index (χ1n) is 5.61. The lowest BCUT2D eigenvalue weighted by Gasteiger charge is -2.32. The summed E-state index contributed by atoms with van der Waals surface area (Å²) in [5.74, 6) is 1.61. The molecule has 0 saturated carbocycles. The Bertz CT molecular complexity index is 367. The van der Waals surface area contributed by atoms with Gasteiger partial charge in [-0.2, -0.15) is 0 Å². The summed E-state index contributed by atoms with van der Waals surface area (Å²) in [6, 6.07) is 8.41. The molecule has 0 aromatic heterocycles. The second kappa shape index (κ2) is 4.97. The van der Waals surface area contributed by atoms with Gasteiger partial charge < -0.3 is 5.73 Å². The van der Waals surface area contributed by atoms with Gasteiger partial charge in [0.2, 0.25) is 0 Å². The molecular formula is C12H18N2OS. The van der Waals surface area contributed by atoms with Crippen LogP contribution in [0.5, 0.6) is 0 Å². The van der Waals surface area contributed by atoms with Crippen molar-refractivity contribution in [3.05, 3.63) is 29.8 Å². The van der Waals surface area contributed by atoms with Crippen LogP contribution in [0.4, 0.5) is 5.69 Å². The van der Waals surface area contributed by atoms with E-state index < -0.39 is 10.8 Å². The summed E-state index contributed by atoms with van der Waals surface area (Å²) in [5.41, 5.74) is 7.75. The Labute approximate surface area is 99.1 Å². The second-order valence-corrected chi connectivity index (χ2v) is 5.92. The van der Waals surface area contributed by atoms with Gasteiger partial charge in [-0.25, -0.2) is 0 Å². The maximum Gasteiger partial charge on any atom is 0.0363 e. The summed E-state index contributed by atoms with van der Waals surface area (Å²) >= 11 is 0. The van der Waals surface area contributed by atoms with Crippen LogP contribution in [0.1, 0.15) is 18.5 Å². The minimum absolute atomic E-state index is 0.387. The Hall–Kier alpha value is -0.870. The first-order chi connectivity index (χ1) is 7.66. The highest BCUT2D eigenvalue weighted by Crippen LogP contribution is 2.22. The molecule has 16 heavy (non-hydrogen) atoms. The van der Waals surface area contributed by atoms with Crippen molar-refractivity contribution in [2.24, 2.45) is 0 Å². The summed E-state index contributed by atoms with van der Waals surface area (Å²) in [4.78, 5) is 2.38. The lowest BCUT2D eigenvalue weighted by Crippen LogP contribution is -2.39. The van der Waals surface area contributed by atoms with Crippen molar-refractivity contribution in [2.45, 2.75) is 13.0 Å². The molecule has 2 N–H and O–H groups in total. The molecule has 1 aromatic carbocycles. The number of nitrogen functional groups attached to an aromatic ring is 1. The molecule has 2 rings (SSSR count). The normalized spacial score (nSPS) is 20.8. The van der Waals surface area contributed by atoms with Gasteiger partial charge in [-0.05, 0) is 24.6 Å². The first kappa shape index (κ1) is 11.6. The zero-order valence-electron chi connectivity index (χ0n) is 9.56. The van der Waals surface area contributed by atoms with E-state index in [4.69, 9.17) is 5.73 Å². The summed E-state index contributed by atoms with van der Waals surface area (Å²) in [6.07, 6.45) is 0. The van der Waals surface area contributed by atoms with Crippen LogP contribution < -0.4 is 5.73 Å². The molecule has 1 aliphatic rings. The standard InChI is InChI=1S/C12H18N2OS/c1-10(11-2-4-12(13)5-3-11)14-6-8-16(15)9-7-14/h2-5,10H,6-9,13H2,1H3. The molecule has 0 amide bonds. The van der Waals surface area contributed by atoms with Gasteiger partial charge in [-0.1, -0.05) is 12.1 Å². The Morgan fingerprint density at radius 1 is 1.25 bits per heavy atom. The minimum atomic E-state index is -0.599.